The van der Waals surface area contributed by atoms with Crippen molar-refractivity contribution in [3.05, 3.63) is 18.3 Å². The van der Waals surface area contributed by atoms with E-state index in [1.54, 1.807) is 17.1 Å². The summed E-state index contributed by atoms with van der Waals surface area (Å²) in [6, 6.07) is 0. The third-order valence-electron chi connectivity index (χ3n) is 3.15. The maximum absolute atomic E-state index is 11.8. The zero-order valence-electron chi connectivity index (χ0n) is 11.1. The van der Waals surface area contributed by atoms with Crippen LogP contribution in [-0.2, 0) is 23.1 Å². The van der Waals surface area contributed by atoms with Gasteiger partial charge in [-0.25, -0.2) is 0 Å². The second-order valence-corrected chi connectivity index (χ2v) is 4.69. The lowest BCUT2D eigenvalue weighted by molar-refractivity contribution is -0.125. The lowest BCUT2D eigenvalue weighted by atomic mass is 10.1. The minimum absolute atomic E-state index is 0.0383. The van der Waals surface area contributed by atoms with Gasteiger partial charge in [0.05, 0.1) is 30.8 Å². The molecule has 3 heterocycles. The van der Waals surface area contributed by atoms with Gasteiger partial charge in [-0.1, -0.05) is 5.16 Å². The van der Waals surface area contributed by atoms with Crippen molar-refractivity contribution in [3.63, 3.8) is 0 Å². The number of carbonyl (C=O) groups is 1. The monoisotopic (exact) mass is 277 g/mol. The van der Waals surface area contributed by atoms with Gasteiger partial charge < -0.3 is 14.6 Å². The van der Waals surface area contributed by atoms with Crippen LogP contribution < -0.4 is 5.32 Å². The van der Waals surface area contributed by atoms with E-state index >= 15 is 0 Å². The molecule has 1 saturated heterocycles. The average Bonchev–Trinajstić information content (AvgIpc) is 3.16. The summed E-state index contributed by atoms with van der Waals surface area (Å²) in [7, 11) is 1.81. The standard InChI is InChI=1S/C12H15N5O3/c1-17-6-9(4-14-17)11-15-10(20-16-11)5-13-12(18)8-2-3-19-7-8/h4,6,8H,2-3,5,7H2,1H3,(H,13,18)/t8-/m1/s1. The first-order chi connectivity index (χ1) is 9.72. The molecule has 0 radical (unpaired) electrons. The van der Waals surface area contributed by atoms with Crippen LogP contribution in [0.5, 0.6) is 0 Å². The zero-order valence-corrected chi connectivity index (χ0v) is 11.1. The molecule has 8 heteroatoms. The molecule has 0 saturated carbocycles. The number of carbonyl (C=O) groups excluding carboxylic acids is 1. The second kappa shape index (κ2) is 5.41. The predicted octanol–water partition coefficient (Wildman–Crippen LogP) is 0.123. The topological polar surface area (TPSA) is 95.1 Å². The Balaban J connectivity index is 1.58. The van der Waals surface area contributed by atoms with Crippen LogP contribution in [0.2, 0.25) is 0 Å². The molecular formula is C12H15N5O3. The van der Waals surface area contributed by atoms with Gasteiger partial charge in [0.15, 0.2) is 0 Å². The van der Waals surface area contributed by atoms with Crippen LogP contribution >= 0.6 is 0 Å². The van der Waals surface area contributed by atoms with Gasteiger partial charge in [0.1, 0.15) is 0 Å². The zero-order chi connectivity index (χ0) is 13.9. The smallest absolute Gasteiger partial charge is 0.246 e. The highest BCUT2D eigenvalue weighted by molar-refractivity contribution is 5.78. The summed E-state index contributed by atoms with van der Waals surface area (Å²) in [5.41, 5.74) is 0.776. The number of rotatable bonds is 4. The maximum atomic E-state index is 11.8. The van der Waals surface area contributed by atoms with Gasteiger partial charge in [0.2, 0.25) is 17.6 Å². The quantitative estimate of drug-likeness (QED) is 0.853. The minimum atomic E-state index is -0.0734. The average molecular weight is 277 g/mol. The van der Waals surface area contributed by atoms with Gasteiger partial charge >= 0.3 is 0 Å². The van der Waals surface area contributed by atoms with Gasteiger partial charge in [-0.2, -0.15) is 10.1 Å². The number of hydrogen-bond acceptors (Lipinski definition) is 6. The van der Waals surface area contributed by atoms with E-state index in [0.717, 1.165) is 12.0 Å². The molecule has 0 bridgehead atoms. The van der Waals surface area contributed by atoms with Crippen LogP contribution in [0.3, 0.4) is 0 Å². The molecule has 20 heavy (non-hydrogen) atoms. The fourth-order valence-corrected chi connectivity index (χ4v) is 2.03. The number of nitrogens with one attached hydrogen (secondary N) is 1. The molecule has 1 atom stereocenters. The third-order valence-corrected chi connectivity index (χ3v) is 3.15. The Labute approximate surface area is 115 Å². The van der Waals surface area contributed by atoms with Crippen molar-refractivity contribution in [2.45, 2.75) is 13.0 Å². The second-order valence-electron chi connectivity index (χ2n) is 4.69. The van der Waals surface area contributed by atoms with Crippen LogP contribution in [0.1, 0.15) is 12.3 Å². The summed E-state index contributed by atoms with van der Waals surface area (Å²) in [5.74, 6) is 0.724. The summed E-state index contributed by atoms with van der Waals surface area (Å²) in [6.07, 6.45) is 4.21. The Bertz CT molecular complexity index is 600. The van der Waals surface area contributed by atoms with Gasteiger partial charge in [-0.3, -0.25) is 9.48 Å². The Kier molecular flexibility index (Phi) is 3.46. The molecule has 106 valence electrons. The summed E-state index contributed by atoms with van der Waals surface area (Å²) in [5, 5.41) is 10.7. The van der Waals surface area contributed by atoms with Crippen molar-refractivity contribution in [2.24, 2.45) is 13.0 Å². The fraction of sp³-hybridized carbons (Fsp3) is 0.500. The highest BCUT2D eigenvalue weighted by atomic mass is 16.5. The molecule has 2 aromatic rings. The van der Waals surface area contributed by atoms with Gasteiger partial charge in [0.25, 0.3) is 0 Å². The molecule has 3 rings (SSSR count). The summed E-state index contributed by atoms with van der Waals surface area (Å²) in [6.45, 7) is 1.35. The van der Waals surface area contributed by atoms with E-state index in [4.69, 9.17) is 9.26 Å². The Morgan fingerprint density at radius 3 is 3.20 bits per heavy atom. The molecule has 1 aliphatic rings. The van der Waals surface area contributed by atoms with E-state index in [1.165, 1.54) is 0 Å². The minimum Gasteiger partial charge on any atom is -0.381 e. The molecule has 1 amide bonds. The van der Waals surface area contributed by atoms with Crippen LogP contribution in [-0.4, -0.2) is 39.0 Å². The number of amides is 1. The number of ether oxygens (including phenoxy) is 1. The number of nitrogens with zero attached hydrogens (tertiary/aromatic N) is 4. The van der Waals surface area contributed by atoms with E-state index in [-0.39, 0.29) is 18.4 Å². The molecular weight excluding hydrogens is 262 g/mol. The van der Waals surface area contributed by atoms with Crippen LogP contribution in [0, 0.1) is 5.92 Å². The lowest BCUT2D eigenvalue weighted by Crippen LogP contribution is -2.30. The Morgan fingerprint density at radius 1 is 1.60 bits per heavy atom. The molecule has 8 nitrogen and oxygen atoms in total. The van der Waals surface area contributed by atoms with Crippen molar-refractivity contribution in [3.8, 4) is 11.4 Å². The number of hydrogen-bond donors (Lipinski definition) is 1. The molecule has 0 aromatic carbocycles. The van der Waals surface area contributed by atoms with E-state index < -0.39 is 0 Å². The first-order valence-electron chi connectivity index (χ1n) is 6.39. The van der Waals surface area contributed by atoms with Crippen LogP contribution in [0.25, 0.3) is 11.4 Å². The van der Waals surface area contributed by atoms with Crippen molar-refractivity contribution < 1.29 is 14.1 Å². The summed E-state index contributed by atoms with van der Waals surface area (Å²) < 4.78 is 11.9. The molecule has 1 N–H and O–H groups in total. The Hall–Kier alpha value is -2.22. The molecule has 1 fully saturated rings. The first kappa shape index (κ1) is 12.8. The highest BCUT2D eigenvalue weighted by Gasteiger charge is 2.23. The predicted molar refractivity (Wildman–Crippen MR) is 67.3 cm³/mol. The largest absolute Gasteiger partial charge is 0.381 e. The maximum Gasteiger partial charge on any atom is 0.246 e. The van der Waals surface area contributed by atoms with Crippen molar-refractivity contribution in [1.82, 2.24) is 25.2 Å². The normalized spacial score (nSPS) is 18.4. The molecule has 1 aliphatic heterocycles. The first-order valence-corrected chi connectivity index (χ1v) is 6.39. The van der Waals surface area contributed by atoms with Crippen molar-refractivity contribution in [2.75, 3.05) is 13.2 Å². The third kappa shape index (κ3) is 2.69. The summed E-state index contributed by atoms with van der Waals surface area (Å²) in [4.78, 5) is 16.0. The van der Waals surface area contributed by atoms with Gasteiger partial charge in [-0.15, -0.1) is 0 Å². The van der Waals surface area contributed by atoms with Gasteiger partial charge in [0, 0.05) is 19.9 Å². The van der Waals surface area contributed by atoms with Crippen LogP contribution in [0.4, 0.5) is 0 Å². The van der Waals surface area contributed by atoms with Crippen molar-refractivity contribution >= 4 is 5.91 Å². The molecule has 2 aromatic heterocycles. The molecule has 0 unspecified atom stereocenters. The van der Waals surface area contributed by atoms with Crippen molar-refractivity contribution in [1.29, 1.82) is 0 Å². The van der Waals surface area contributed by atoms with Crippen LogP contribution in [0.15, 0.2) is 16.9 Å². The summed E-state index contributed by atoms with van der Waals surface area (Å²) >= 11 is 0. The lowest BCUT2D eigenvalue weighted by Gasteiger charge is -2.06. The SMILES string of the molecule is Cn1cc(-c2noc(CNC(=O)[C@@H]3CCOC3)n2)cn1. The fourth-order valence-electron chi connectivity index (χ4n) is 2.03. The molecule has 0 spiro atoms. The number of aromatic nitrogens is 4. The van der Waals surface area contributed by atoms with E-state index in [0.29, 0.717) is 24.9 Å². The number of aryl methyl sites for hydroxylation is 1. The highest BCUT2D eigenvalue weighted by Crippen LogP contribution is 2.15. The molecule has 0 aliphatic carbocycles. The van der Waals surface area contributed by atoms with E-state index in [2.05, 4.69) is 20.6 Å². The van der Waals surface area contributed by atoms with E-state index in [1.807, 2.05) is 7.05 Å². The Morgan fingerprint density at radius 2 is 2.50 bits per heavy atom. The van der Waals surface area contributed by atoms with E-state index in [9.17, 15) is 4.79 Å². The van der Waals surface area contributed by atoms with Gasteiger partial charge in [-0.05, 0) is 6.42 Å².